The van der Waals surface area contributed by atoms with E-state index in [2.05, 4.69) is 0 Å². The molecule has 2 aliphatic carbocycles. The van der Waals surface area contributed by atoms with Crippen LogP contribution in [0.2, 0.25) is 0 Å². The molecule has 1 N–H and O–H groups in total. The van der Waals surface area contributed by atoms with Gasteiger partial charge in [0.15, 0.2) is 11.5 Å². The molecule has 4 aliphatic rings. The first-order chi connectivity index (χ1) is 12.4. The number of likely N-dealkylation sites (N-methyl/N-ethyl adjacent to an activating group) is 1. The van der Waals surface area contributed by atoms with Crippen molar-refractivity contribution in [1.82, 2.24) is 4.90 Å². The molecule has 5 rings (SSSR count). The highest BCUT2D eigenvalue weighted by Gasteiger charge is 2.64. The fraction of sp³-hybridized carbons (Fsp3) is 0.556. The van der Waals surface area contributed by atoms with Crippen molar-refractivity contribution in [3.8, 4) is 11.5 Å². The fourth-order valence-electron chi connectivity index (χ4n) is 4.93. The lowest BCUT2D eigenvalue weighted by molar-refractivity contribution is -0.0453. The second kappa shape index (κ2) is 4.06. The molecule has 1 saturated heterocycles. The first-order valence-electron chi connectivity index (χ1n) is 9.69. The molecular formula is C18H21NO3. The molecule has 116 valence electrons. The minimum Gasteiger partial charge on any atom is -0.493 e. The normalized spacial score (nSPS) is 46.9. The van der Waals surface area contributed by atoms with Crippen LogP contribution in [0.1, 0.15) is 21.7 Å². The molecule has 4 heteroatoms. The van der Waals surface area contributed by atoms with Crippen molar-refractivity contribution in [3.05, 3.63) is 35.4 Å². The molecule has 1 fully saturated rings. The molecule has 2 aliphatic heterocycles. The Bertz CT molecular complexity index is 846. The van der Waals surface area contributed by atoms with Gasteiger partial charge in [-0.15, -0.1) is 0 Å². The Morgan fingerprint density at radius 2 is 2.45 bits per heavy atom. The Morgan fingerprint density at radius 3 is 3.27 bits per heavy atom. The van der Waals surface area contributed by atoms with Crippen LogP contribution in [0.15, 0.2) is 24.2 Å². The SMILES string of the molecule is [2H]OC1C=C[C@@H]2[C@@]34CCN(C)[C@]2([2H])Cc2c([2H])c([2H])c(OC)c(c23)OC14. The minimum absolute atomic E-state index is 0.00428. The number of rotatable bonds is 2. The number of hydrogen-bond donors (Lipinski definition) is 1. The quantitative estimate of drug-likeness (QED) is 0.841. The van der Waals surface area contributed by atoms with Crippen LogP contribution in [0, 0.1) is 5.92 Å². The third-order valence-corrected chi connectivity index (χ3v) is 5.90. The maximum Gasteiger partial charge on any atom is 0.211 e. The van der Waals surface area contributed by atoms with Crippen molar-refractivity contribution in [2.75, 3.05) is 20.7 Å². The van der Waals surface area contributed by atoms with Crippen LogP contribution in [-0.4, -0.2) is 50.4 Å². The molecule has 5 atom stereocenters. The highest BCUT2D eigenvalue weighted by Crippen LogP contribution is 2.62. The van der Waals surface area contributed by atoms with Crippen molar-refractivity contribution in [3.63, 3.8) is 0 Å². The lowest BCUT2D eigenvalue weighted by Gasteiger charge is -2.56. The Balaban J connectivity index is 1.88. The number of methoxy groups -OCH3 is 1. The monoisotopic (exact) mass is 303 g/mol. The van der Waals surface area contributed by atoms with E-state index in [0.29, 0.717) is 17.7 Å². The largest absolute Gasteiger partial charge is 0.493 e. The third kappa shape index (κ3) is 1.28. The molecule has 0 saturated carbocycles. The van der Waals surface area contributed by atoms with E-state index in [-0.39, 0.29) is 23.8 Å². The van der Waals surface area contributed by atoms with Crippen LogP contribution in [0.25, 0.3) is 0 Å². The van der Waals surface area contributed by atoms with Crippen molar-refractivity contribution >= 4 is 0 Å². The summed E-state index contributed by atoms with van der Waals surface area (Å²) in [5, 5.41) is 4.96. The fourth-order valence-corrected chi connectivity index (χ4v) is 4.93. The highest BCUT2D eigenvalue weighted by atomic mass is 16.5. The Kier molecular flexibility index (Phi) is 1.77. The van der Waals surface area contributed by atoms with E-state index in [1.165, 1.54) is 7.11 Å². The van der Waals surface area contributed by atoms with E-state index in [0.717, 1.165) is 18.5 Å². The van der Waals surface area contributed by atoms with E-state index in [9.17, 15) is 1.37 Å². The summed E-state index contributed by atoms with van der Waals surface area (Å²) in [4.78, 5) is 2.04. The maximum absolute atomic E-state index is 9.26. The van der Waals surface area contributed by atoms with Gasteiger partial charge in [-0.2, -0.15) is 0 Å². The summed E-state index contributed by atoms with van der Waals surface area (Å²) in [6.07, 6.45) is 3.96. The predicted molar refractivity (Wildman–Crippen MR) is 82.5 cm³/mol. The van der Waals surface area contributed by atoms with Crippen LogP contribution in [0.4, 0.5) is 0 Å². The summed E-state index contributed by atoms with van der Waals surface area (Å²) in [5.74, 6) is 0.659. The van der Waals surface area contributed by atoms with Gasteiger partial charge in [-0.1, -0.05) is 18.2 Å². The second-order valence-electron chi connectivity index (χ2n) is 6.71. The van der Waals surface area contributed by atoms with Gasteiger partial charge in [0, 0.05) is 24.3 Å². The van der Waals surface area contributed by atoms with Crippen LogP contribution >= 0.6 is 0 Å². The Labute approximate surface area is 136 Å². The van der Waals surface area contributed by atoms with E-state index in [1.54, 1.807) is 0 Å². The van der Waals surface area contributed by atoms with Gasteiger partial charge in [0.25, 0.3) is 0 Å². The van der Waals surface area contributed by atoms with Gasteiger partial charge >= 0.3 is 0 Å². The summed E-state index contributed by atoms with van der Waals surface area (Å²) in [6.45, 7) is 0.732. The number of hydrogen-bond acceptors (Lipinski definition) is 4. The maximum atomic E-state index is 9.26. The molecule has 2 unspecified atom stereocenters. The zero-order valence-electron chi connectivity index (χ0n) is 16.7. The molecule has 4 nitrogen and oxygen atoms in total. The van der Waals surface area contributed by atoms with Crippen LogP contribution in [0.3, 0.4) is 0 Å². The van der Waals surface area contributed by atoms with Crippen LogP contribution in [-0.2, 0) is 11.8 Å². The lowest BCUT2D eigenvalue weighted by atomic mass is 9.53. The van der Waals surface area contributed by atoms with Crippen LogP contribution < -0.4 is 9.47 Å². The van der Waals surface area contributed by atoms with Crippen molar-refractivity contribution in [1.29, 1.82) is 1.43 Å². The molecule has 1 aromatic carbocycles. The first kappa shape index (κ1) is 9.58. The number of likely N-dealkylation sites (tertiary alicyclic amines) is 1. The summed E-state index contributed by atoms with van der Waals surface area (Å²) in [5.41, 5.74) is 1.10. The van der Waals surface area contributed by atoms with Gasteiger partial charge in [-0.05, 0) is 38.0 Å². The summed E-state index contributed by atoms with van der Waals surface area (Å²) in [6, 6.07) is -0.794. The number of benzene rings is 1. The minimum atomic E-state index is -0.908. The standard InChI is InChI=1S/C18H21NO3/c1-19-8-7-18-11-4-5-13(20)17(18)22-16-14(21-2)6-3-10(15(16)18)9-12(11)19/h3-6,11-13,17,20H,7-9H2,1-2H3/t11-,12+,13?,17?,18-/m0/s1/i3D,6D,12D,20D. The average molecular weight is 303 g/mol. The zero-order chi connectivity index (χ0) is 18.4. The first-order valence-corrected chi connectivity index (χ1v) is 7.78. The molecule has 0 amide bonds. The van der Waals surface area contributed by atoms with E-state index in [1.807, 2.05) is 24.1 Å². The molecule has 0 aromatic heterocycles. The number of piperidine rings is 1. The summed E-state index contributed by atoms with van der Waals surface area (Å²) < 4.78 is 45.4. The number of ether oxygens (including phenoxy) is 2. The average Bonchev–Trinajstić information content (AvgIpc) is 2.96. The number of aliphatic hydroxyl groups is 1. The molecule has 22 heavy (non-hydrogen) atoms. The van der Waals surface area contributed by atoms with Gasteiger partial charge in [0.1, 0.15) is 12.2 Å². The molecule has 0 radical (unpaired) electrons. The summed E-state index contributed by atoms with van der Waals surface area (Å²) >= 11 is 0. The second-order valence-corrected chi connectivity index (χ2v) is 6.71. The van der Waals surface area contributed by atoms with Crippen molar-refractivity contribution in [2.45, 2.75) is 36.5 Å². The van der Waals surface area contributed by atoms with Gasteiger partial charge < -0.3 is 19.5 Å². The van der Waals surface area contributed by atoms with Gasteiger partial charge in [0.05, 0.1) is 9.85 Å². The van der Waals surface area contributed by atoms with Gasteiger partial charge in [-0.25, -0.2) is 0 Å². The third-order valence-electron chi connectivity index (χ3n) is 5.90. The molecule has 1 aromatic rings. The molecule has 1 spiro atoms. The number of aliphatic hydroxyl groups excluding tert-OH is 1. The summed E-state index contributed by atoms with van der Waals surface area (Å²) in [7, 11) is 3.44. The highest BCUT2D eigenvalue weighted by molar-refractivity contribution is 5.62. The zero-order valence-corrected chi connectivity index (χ0v) is 12.7. The van der Waals surface area contributed by atoms with Gasteiger partial charge in [0.2, 0.25) is 1.43 Å². The predicted octanol–water partition coefficient (Wildman–Crippen LogP) is 1.50. The van der Waals surface area contributed by atoms with Gasteiger partial charge in [-0.3, -0.25) is 0 Å². The lowest BCUT2D eigenvalue weighted by Crippen LogP contribution is -2.64. The van der Waals surface area contributed by atoms with E-state index >= 15 is 0 Å². The van der Waals surface area contributed by atoms with Crippen LogP contribution in [0.5, 0.6) is 11.5 Å². The number of nitrogens with zero attached hydrogens (tertiary/aromatic N) is 1. The smallest absolute Gasteiger partial charge is 0.211 e. The Morgan fingerprint density at radius 1 is 1.55 bits per heavy atom. The Hall–Kier alpha value is -1.52. The molecule has 2 bridgehead atoms. The molecular weight excluding hydrogens is 278 g/mol. The van der Waals surface area contributed by atoms with Crippen molar-refractivity contribution in [2.24, 2.45) is 5.92 Å². The van der Waals surface area contributed by atoms with E-state index < -0.39 is 23.6 Å². The van der Waals surface area contributed by atoms with E-state index in [4.69, 9.17) is 18.8 Å². The van der Waals surface area contributed by atoms with Crippen molar-refractivity contribution < 1.29 is 18.7 Å². The molecule has 2 heterocycles. The topological polar surface area (TPSA) is 41.9 Å².